The van der Waals surface area contributed by atoms with Crippen LogP contribution in [0.15, 0.2) is 53.7 Å². The molecule has 9 nitrogen and oxygen atoms in total. The molecule has 0 amide bonds. The van der Waals surface area contributed by atoms with Crippen molar-refractivity contribution >= 4 is 21.5 Å². The fourth-order valence-electron chi connectivity index (χ4n) is 4.78. The molecule has 4 N–H and O–H groups in total. The molecular formula is C26H28FN5O4S. The molecule has 1 aliphatic rings. The van der Waals surface area contributed by atoms with E-state index in [2.05, 4.69) is 14.7 Å². The number of imidazole rings is 1. The maximum Gasteiger partial charge on any atom is 0.240 e. The van der Waals surface area contributed by atoms with E-state index in [1.54, 1.807) is 47.1 Å². The Labute approximate surface area is 214 Å². The summed E-state index contributed by atoms with van der Waals surface area (Å²) in [6.45, 7) is 1.87. The van der Waals surface area contributed by atoms with Crippen molar-refractivity contribution in [1.82, 2.24) is 19.1 Å². The van der Waals surface area contributed by atoms with Crippen LogP contribution in [0.4, 0.5) is 10.2 Å². The number of aryl methyl sites for hydroxylation is 1. The Bertz CT molecular complexity index is 1580. The average molecular weight is 526 g/mol. The van der Waals surface area contributed by atoms with Crippen LogP contribution in [0.2, 0.25) is 0 Å². The highest BCUT2D eigenvalue weighted by Crippen LogP contribution is 2.34. The van der Waals surface area contributed by atoms with Gasteiger partial charge in [-0.25, -0.2) is 27.5 Å². The van der Waals surface area contributed by atoms with Crippen LogP contribution in [-0.4, -0.2) is 47.1 Å². The number of anilines is 1. The second-order valence-corrected chi connectivity index (χ2v) is 11.0. The number of halogens is 1. The minimum Gasteiger partial charge on any atom is -0.496 e. The van der Waals surface area contributed by atoms with Gasteiger partial charge in [-0.2, -0.15) is 0 Å². The van der Waals surface area contributed by atoms with Crippen molar-refractivity contribution in [2.75, 3.05) is 12.8 Å². The lowest BCUT2D eigenvalue weighted by Crippen LogP contribution is -2.38. The Morgan fingerprint density at radius 1 is 1.19 bits per heavy atom. The van der Waals surface area contributed by atoms with E-state index >= 15 is 0 Å². The fourth-order valence-corrected chi connectivity index (χ4v) is 6.11. The van der Waals surface area contributed by atoms with Gasteiger partial charge in [0.1, 0.15) is 11.6 Å². The van der Waals surface area contributed by atoms with Gasteiger partial charge in [0, 0.05) is 17.8 Å². The Hall–Kier alpha value is -3.54. The van der Waals surface area contributed by atoms with Crippen molar-refractivity contribution in [1.29, 1.82) is 0 Å². The largest absolute Gasteiger partial charge is 0.496 e. The molecule has 11 heteroatoms. The standard InChI is InChI=1S/C26H28FN5O4S/c1-15-6-11-18(37(34,35)31-16-7-9-17(33)10-8-16)12-19(15)22-13-29-26-25(28)30-21(14-32(22)26)24-20(27)4-3-5-23(24)36-2/h3-6,11-14,16-17,31,33H,7-10H2,1-2H3,(H2,28,30). The van der Waals surface area contributed by atoms with E-state index < -0.39 is 15.8 Å². The van der Waals surface area contributed by atoms with Gasteiger partial charge >= 0.3 is 0 Å². The molecule has 5 rings (SSSR count). The summed E-state index contributed by atoms with van der Waals surface area (Å²) in [7, 11) is -2.35. The average Bonchev–Trinajstić information content (AvgIpc) is 3.29. The first-order chi connectivity index (χ1) is 17.7. The summed E-state index contributed by atoms with van der Waals surface area (Å²) in [4.78, 5) is 8.86. The Balaban J connectivity index is 1.58. The fraction of sp³-hybridized carbons (Fsp3) is 0.308. The Kier molecular flexibility index (Phi) is 6.61. The summed E-state index contributed by atoms with van der Waals surface area (Å²) in [5, 5.41) is 9.73. The molecule has 2 heterocycles. The van der Waals surface area contributed by atoms with E-state index in [1.165, 1.54) is 13.2 Å². The van der Waals surface area contributed by atoms with Gasteiger partial charge in [-0.05, 0) is 62.4 Å². The number of nitrogen functional groups attached to an aromatic ring is 1. The number of aliphatic hydroxyl groups excluding tert-OH is 1. The van der Waals surface area contributed by atoms with Crippen LogP contribution in [0.3, 0.4) is 0 Å². The van der Waals surface area contributed by atoms with Crippen molar-refractivity contribution in [2.45, 2.75) is 49.6 Å². The zero-order chi connectivity index (χ0) is 26.3. The summed E-state index contributed by atoms with van der Waals surface area (Å²) in [6, 6.07) is 9.16. The van der Waals surface area contributed by atoms with E-state index in [4.69, 9.17) is 10.5 Å². The van der Waals surface area contributed by atoms with Gasteiger partial charge in [-0.15, -0.1) is 0 Å². The zero-order valence-corrected chi connectivity index (χ0v) is 21.3. The van der Waals surface area contributed by atoms with Crippen molar-refractivity contribution in [3.63, 3.8) is 0 Å². The number of aromatic nitrogens is 3. The minimum atomic E-state index is -3.80. The molecule has 0 atom stereocenters. The number of methoxy groups -OCH3 is 1. The molecule has 4 aromatic rings. The van der Waals surface area contributed by atoms with Gasteiger partial charge in [-0.1, -0.05) is 12.1 Å². The summed E-state index contributed by atoms with van der Waals surface area (Å²) >= 11 is 0. The number of benzene rings is 2. The SMILES string of the molecule is COc1cccc(F)c1-c1cn2c(-c3cc(S(=O)(=O)NC4CCC(O)CC4)ccc3C)cnc2c(N)n1. The van der Waals surface area contributed by atoms with E-state index in [1.807, 2.05) is 6.92 Å². The van der Waals surface area contributed by atoms with Crippen molar-refractivity contribution in [2.24, 2.45) is 0 Å². The maximum absolute atomic E-state index is 14.8. The monoisotopic (exact) mass is 525 g/mol. The second-order valence-electron chi connectivity index (χ2n) is 9.27. The number of hydrogen-bond donors (Lipinski definition) is 3. The van der Waals surface area contributed by atoms with Gasteiger partial charge in [0.25, 0.3) is 0 Å². The van der Waals surface area contributed by atoms with Crippen LogP contribution in [0, 0.1) is 12.7 Å². The topological polar surface area (TPSA) is 132 Å². The van der Waals surface area contributed by atoms with Gasteiger partial charge in [0.2, 0.25) is 10.0 Å². The number of fused-ring (bicyclic) bond motifs is 1. The molecule has 2 aromatic heterocycles. The number of nitrogens with zero attached hydrogens (tertiary/aromatic N) is 3. The minimum absolute atomic E-state index is 0.0941. The van der Waals surface area contributed by atoms with Crippen LogP contribution in [-0.2, 0) is 10.0 Å². The van der Waals surface area contributed by atoms with E-state index in [9.17, 15) is 17.9 Å². The molecule has 2 aromatic carbocycles. The van der Waals surface area contributed by atoms with Gasteiger partial charge in [-0.3, -0.25) is 4.40 Å². The number of aliphatic hydroxyl groups is 1. The third-order valence-corrected chi connectivity index (χ3v) is 8.30. The molecule has 0 spiro atoms. The molecule has 0 bridgehead atoms. The Morgan fingerprint density at radius 2 is 1.95 bits per heavy atom. The van der Waals surface area contributed by atoms with Crippen molar-refractivity contribution in [3.05, 3.63) is 60.2 Å². The first-order valence-electron chi connectivity index (χ1n) is 12.0. The number of ether oxygens (including phenoxy) is 1. The molecule has 1 saturated carbocycles. The van der Waals surface area contributed by atoms with Crippen LogP contribution >= 0.6 is 0 Å². The van der Waals surface area contributed by atoms with Crippen molar-refractivity contribution in [3.8, 4) is 28.3 Å². The lowest BCUT2D eigenvalue weighted by Gasteiger charge is -2.26. The number of nitrogens with two attached hydrogens (primary N) is 1. The lowest BCUT2D eigenvalue weighted by molar-refractivity contribution is 0.120. The van der Waals surface area contributed by atoms with Crippen LogP contribution < -0.4 is 15.2 Å². The van der Waals surface area contributed by atoms with Crippen LogP contribution in [0.1, 0.15) is 31.2 Å². The number of sulfonamides is 1. The summed E-state index contributed by atoms with van der Waals surface area (Å²) in [5.41, 5.74) is 9.00. The molecule has 0 radical (unpaired) electrons. The van der Waals surface area contributed by atoms with Gasteiger partial charge in [0.15, 0.2) is 11.5 Å². The van der Waals surface area contributed by atoms with E-state index in [0.717, 1.165) is 5.56 Å². The highest BCUT2D eigenvalue weighted by molar-refractivity contribution is 7.89. The van der Waals surface area contributed by atoms with Crippen LogP contribution in [0.25, 0.3) is 28.2 Å². The first-order valence-corrected chi connectivity index (χ1v) is 13.4. The lowest BCUT2D eigenvalue weighted by atomic mass is 9.94. The Morgan fingerprint density at radius 3 is 2.68 bits per heavy atom. The van der Waals surface area contributed by atoms with Crippen molar-refractivity contribution < 1.29 is 22.7 Å². The molecule has 1 fully saturated rings. The molecule has 37 heavy (non-hydrogen) atoms. The number of hydrogen-bond acceptors (Lipinski definition) is 7. The first kappa shape index (κ1) is 25.1. The molecule has 1 aliphatic carbocycles. The maximum atomic E-state index is 14.8. The van der Waals surface area contributed by atoms with E-state index in [0.29, 0.717) is 48.3 Å². The quantitative estimate of drug-likeness (QED) is 0.350. The summed E-state index contributed by atoms with van der Waals surface area (Å²) < 4.78 is 51.0. The second kappa shape index (κ2) is 9.73. The third kappa shape index (κ3) is 4.77. The summed E-state index contributed by atoms with van der Waals surface area (Å²) in [5.74, 6) is -0.118. The molecule has 0 aliphatic heterocycles. The number of rotatable bonds is 6. The zero-order valence-electron chi connectivity index (χ0n) is 20.5. The molecular weight excluding hydrogens is 497 g/mol. The molecule has 0 saturated heterocycles. The highest BCUT2D eigenvalue weighted by atomic mass is 32.2. The van der Waals surface area contributed by atoms with Crippen LogP contribution in [0.5, 0.6) is 5.75 Å². The molecule has 0 unspecified atom stereocenters. The van der Waals surface area contributed by atoms with Gasteiger partial charge in [0.05, 0.1) is 41.3 Å². The number of nitrogens with one attached hydrogen (secondary N) is 1. The third-order valence-electron chi connectivity index (χ3n) is 6.78. The smallest absolute Gasteiger partial charge is 0.240 e. The normalized spacial score (nSPS) is 18.3. The predicted octanol–water partition coefficient (Wildman–Crippen LogP) is 3.68. The summed E-state index contributed by atoms with van der Waals surface area (Å²) in [6.07, 6.45) is 5.13. The molecule has 194 valence electrons. The highest BCUT2D eigenvalue weighted by Gasteiger charge is 2.26. The van der Waals surface area contributed by atoms with E-state index in [-0.39, 0.29) is 34.1 Å². The van der Waals surface area contributed by atoms with Gasteiger partial charge < -0.3 is 15.6 Å². The predicted molar refractivity (Wildman–Crippen MR) is 138 cm³/mol.